The van der Waals surface area contributed by atoms with Crippen molar-refractivity contribution < 1.29 is 0 Å². The van der Waals surface area contributed by atoms with Gasteiger partial charge in [0.15, 0.2) is 0 Å². The lowest BCUT2D eigenvalue weighted by atomic mass is 9.69. The van der Waals surface area contributed by atoms with Crippen LogP contribution in [0.1, 0.15) is 57.4 Å². The molecule has 2 aliphatic carbocycles. The van der Waals surface area contributed by atoms with Crippen LogP contribution < -0.4 is 5.32 Å². The van der Waals surface area contributed by atoms with Crippen molar-refractivity contribution in [2.45, 2.75) is 70.4 Å². The average molecular weight is 306 g/mol. The molecule has 1 N–H and O–H groups in total. The number of halogens is 1. The number of rotatable bonds is 4. The summed E-state index contributed by atoms with van der Waals surface area (Å²) in [6.45, 7) is 2.32. The van der Waals surface area contributed by atoms with Crippen LogP contribution in [0, 0.1) is 11.8 Å². The zero-order valence-electron chi connectivity index (χ0n) is 13.2. The van der Waals surface area contributed by atoms with Crippen LogP contribution in [0.15, 0.2) is 24.3 Å². The van der Waals surface area contributed by atoms with Crippen molar-refractivity contribution in [1.82, 2.24) is 5.32 Å². The van der Waals surface area contributed by atoms with E-state index in [4.69, 9.17) is 11.6 Å². The third kappa shape index (κ3) is 4.23. The lowest BCUT2D eigenvalue weighted by Crippen LogP contribution is -2.43. The SMILES string of the molecule is CC(Cc1ccc(Cl)cc1)NC1CCC2CCCCC2C1. The van der Waals surface area contributed by atoms with Gasteiger partial charge in [0.2, 0.25) is 0 Å². The van der Waals surface area contributed by atoms with Gasteiger partial charge in [0.25, 0.3) is 0 Å². The molecule has 2 fully saturated rings. The zero-order valence-corrected chi connectivity index (χ0v) is 13.9. The Kier molecular flexibility index (Phi) is 5.24. The highest BCUT2D eigenvalue weighted by Gasteiger charge is 2.32. The number of hydrogen-bond acceptors (Lipinski definition) is 1. The van der Waals surface area contributed by atoms with Crippen LogP contribution in [0.4, 0.5) is 0 Å². The second kappa shape index (κ2) is 7.15. The van der Waals surface area contributed by atoms with Gasteiger partial charge in [-0.1, -0.05) is 49.4 Å². The maximum Gasteiger partial charge on any atom is 0.0406 e. The van der Waals surface area contributed by atoms with Gasteiger partial charge in [-0.05, 0) is 62.1 Å². The van der Waals surface area contributed by atoms with Crippen molar-refractivity contribution in [3.8, 4) is 0 Å². The fraction of sp³-hybridized carbons (Fsp3) is 0.684. The Morgan fingerprint density at radius 1 is 1.05 bits per heavy atom. The molecule has 3 rings (SSSR count). The molecule has 0 aliphatic heterocycles. The van der Waals surface area contributed by atoms with E-state index in [1.54, 1.807) is 0 Å². The molecule has 21 heavy (non-hydrogen) atoms. The van der Waals surface area contributed by atoms with E-state index in [1.165, 1.54) is 50.5 Å². The Bertz CT molecular complexity index is 441. The van der Waals surface area contributed by atoms with E-state index in [2.05, 4.69) is 24.4 Å². The van der Waals surface area contributed by atoms with E-state index >= 15 is 0 Å². The first-order valence-corrected chi connectivity index (χ1v) is 9.09. The van der Waals surface area contributed by atoms with Gasteiger partial charge in [-0.3, -0.25) is 0 Å². The zero-order chi connectivity index (χ0) is 14.7. The highest BCUT2D eigenvalue weighted by atomic mass is 35.5. The van der Waals surface area contributed by atoms with Gasteiger partial charge < -0.3 is 5.32 Å². The predicted molar refractivity (Wildman–Crippen MR) is 90.8 cm³/mol. The van der Waals surface area contributed by atoms with Gasteiger partial charge in [-0.25, -0.2) is 0 Å². The molecule has 0 bridgehead atoms. The molecule has 116 valence electrons. The Morgan fingerprint density at radius 3 is 2.52 bits per heavy atom. The third-order valence-electron chi connectivity index (χ3n) is 5.52. The van der Waals surface area contributed by atoms with Gasteiger partial charge in [0.1, 0.15) is 0 Å². The van der Waals surface area contributed by atoms with Crippen LogP contribution in [0.5, 0.6) is 0 Å². The molecule has 0 heterocycles. The van der Waals surface area contributed by atoms with Crippen molar-refractivity contribution >= 4 is 11.6 Å². The Balaban J connectivity index is 1.48. The second-order valence-electron chi connectivity index (χ2n) is 7.21. The maximum atomic E-state index is 5.95. The van der Waals surface area contributed by atoms with Crippen LogP contribution in [0.25, 0.3) is 0 Å². The summed E-state index contributed by atoms with van der Waals surface area (Å²) in [5.41, 5.74) is 1.38. The van der Waals surface area contributed by atoms with Crippen LogP contribution in [-0.2, 0) is 6.42 Å². The Morgan fingerprint density at radius 2 is 1.76 bits per heavy atom. The van der Waals surface area contributed by atoms with Crippen LogP contribution in [-0.4, -0.2) is 12.1 Å². The van der Waals surface area contributed by atoms with Crippen LogP contribution >= 0.6 is 11.6 Å². The standard InChI is InChI=1S/C19H28ClN/c1-14(12-15-6-9-18(20)10-7-15)21-19-11-8-16-4-2-3-5-17(16)13-19/h6-7,9-10,14,16-17,19,21H,2-5,8,11-13H2,1H3. The number of benzene rings is 1. The van der Waals surface area contributed by atoms with E-state index in [0.29, 0.717) is 6.04 Å². The molecular formula is C19H28ClN. The molecule has 0 spiro atoms. The van der Waals surface area contributed by atoms with Crippen LogP contribution in [0.3, 0.4) is 0 Å². The molecule has 0 radical (unpaired) electrons. The summed E-state index contributed by atoms with van der Waals surface area (Å²) in [7, 11) is 0. The van der Waals surface area contributed by atoms with E-state index in [1.807, 2.05) is 12.1 Å². The largest absolute Gasteiger partial charge is 0.311 e. The minimum atomic E-state index is 0.552. The molecule has 0 saturated heterocycles. The highest BCUT2D eigenvalue weighted by molar-refractivity contribution is 6.30. The number of hydrogen-bond donors (Lipinski definition) is 1. The fourth-order valence-corrected chi connectivity index (χ4v) is 4.59. The molecule has 2 aliphatic rings. The second-order valence-corrected chi connectivity index (χ2v) is 7.65. The van der Waals surface area contributed by atoms with Crippen molar-refractivity contribution in [2.24, 2.45) is 11.8 Å². The van der Waals surface area contributed by atoms with Gasteiger partial charge in [0, 0.05) is 17.1 Å². The summed E-state index contributed by atoms with van der Waals surface area (Å²) in [6, 6.07) is 9.59. The van der Waals surface area contributed by atoms with Crippen molar-refractivity contribution in [1.29, 1.82) is 0 Å². The van der Waals surface area contributed by atoms with Crippen LogP contribution in [0.2, 0.25) is 5.02 Å². The first kappa shape index (κ1) is 15.4. The minimum Gasteiger partial charge on any atom is -0.311 e. The van der Waals surface area contributed by atoms with Gasteiger partial charge in [-0.2, -0.15) is 0 Å². The molecule has 1 aromatic rings. The smallest absolute Gasteiger partial charge is 0.0406 e. The van der Waals surface area contributed by atoms with E-state index in [-0.39, 0.29) is 0 Å². The van der Waals surface area contributed by atoms with E-state index < -0.39 is 0 Å². The Hall–Kier alpha value is -0.530. The lowest BCUT2D eigenvalue weighted by Gasteiger charge is -2.40. The summed E-state index contributed by atoms with van der Waals surface area (Å²) in [5.74, 6) is 2.05. The van der Waals surface area contributed by atoms with E-state index in [9.17, 15) is 0 Å². The maximum absolute atomic E-state index is 5.95. The van der Waals surface area contributed by atoms with Gasteiger partial charge >= 0.3 is 0 Å². The minimum absolute atomic E-state index is 0.552. The molecule has 1 aromatic carbocycles. The molecule has 0 amide bonds. The van der Waals surface area contributed by atoms with Gasteiger partial charge in [0.05, 0.1) is 0 Å². The van der Waals surface area contributed by atoms with E-state index in [0.717, 1.165) is 29.3 Å². The predicted octanol–water partition coefficient (Wildman–Crippen LogP) is 5.22. The highest BCUT2D eigenvalue weighted by Crippen LogP contribution is 2.40. The topological polar surface area (TPSA) is 12.0 Å². The Labute approximate surface area is 134 Å². The summed E-state index contributed by atoms with van der Waals surface area (Å²) in [5, 5.41) is 4.71. The quantitative estimate of drug-likeness (QED) is 0.804. The first-order valence-electron chi connectivity index (χ1n) is 8.71. The molecule has 1 nitrogen and oxygen atoms in total. The lowest BCUT2D eigenvalue weighted by molar-refractivity contribution is 0.139. The summed E-state index contributed by atoms with van der Waals surface area (Å²) < 4.78 is 0. The first-order chi connectivity index (χ1) is 10.2. The summed E-state index contributed by atoms with van der Waals surface area (Å²) in [4.78, 5) is 0. The molecule has 2 heteroatoms. The third-order valence-corrected chi connectivity index (χ3v) is 5.77. The summed E-state index contributed by atoms with van der Waals surface area (Å²) >= 11 is 5.95. The van der Waals surface area contributed by atoms with Crippen molar-refractivity contribution in [3.63, 3.8) is 0 Å². The number of nitrogens with one attached hydrogen (secondary N) is 1. The molecule has 2 saturated carbocycles. The van der Waals surface area contributed by atoms with Crippen molar-refractivity contribution in [2.75, 3.05) is 0 Å². The molecular weight excluding hydrogens is 278 g/mol. The van der Waals surface area contributed by atoms with Gasteiger partial charge in [-0.15, -0.1) is 0 Å². The molecule has 4 unspecified atom stereocenters. The summed E-state index contributed by atoms with van der Waals surface area (Å²) in [6.07, 6.45) is 11.3. The average Bonchev–Trinajstić information content (AvgIpc) is 2.49. The monoisotopic (exact) mass is 305 g/mol. The van der Waals surface area contributed by atoms with Crippen molar-refractivity contribution in [3.05, 3.63) is 34.9 Å². The fourth-order valence-electron chi connectivity index (χ4n) is 4.46. The molecule has 4 atom stereocenters. The normalized spacial score (nSPS) is 30.7. The number of fused-ring (bicyclic) bond motifs is 1. The molecule has 0 aromatic heterocycles.